The maximum Gasteiger partial charge on any atom is 0.407 e. The number of alkyl carbamates (subject to hydrolysis) is 1. The molecule has 0 radical (unpaired) electrons. The third-order valence-corrected chi connectivity index (χ3v) is 2.88. The first-order valence-electron chi connectivity index (χ1n) is 8.32. The first-order chi connectivity index (χ1) is 11.9. The first kappa shape index (κ1) is 24.2. The highest BCUT2D eigenvalue weighted by atomic mass is 127. The number of aromatic nitrogens is 1. The number of nitrogens with one attached hydrogen (secondary N) is 3. The van der Waals surface area contributed by atoms with E-state index >= 15 is 0 Å². The Morgan fingerprint density at radius 3 is 2.54 bits per heavy atom. The van der Waals surface area contributed by atoms with E-state index in [-0.39, 0.29) is 24.0 Å². The zero-order valence-electron chi connectivity index (χ0n) is 16.1. The lowest BCUT2D eigenvalue weighted by Gasteiger charge is -2.19. The van der Waals surface area contributed by atoms with E-state index in [1.54, 1.807) is 13.3 Å². The van der Waals surface area contributed by atoms with Crippen molar-refractivity contribution in [3.8, 4) is 5.88 Å². The van der Waals surface area contributed by atoms with Crippen LogP contribution in [0.1, 0.15) is 33.3 Å². The van der Waals surface area contributed by atoms with Gasteiger partial charge in [-0.05, 0) is 33.8 Å². The van der Waals surface area contributed by atoms with E-state index in [2.05, 4.69) is 25.9 Å². The maximum absolute atomic E-state index is 11.6. The Labute approximate surface area is 172 Å². The van der Waals surface area contributed by atoms with Crippen molar-refractivity contribution in [1.29, 1.82) is 0 Å². The van der Waals surface area contributed by atoms with Gasteiger partial charge in [0, 0.05) is 31.4 Å². The van der Waals surface area contributed by atoms with Crippen molar-refractivity contribution < 1.29 is 14.3 Å². The van der Waals surface area contributed by atoms with E-state index in [4.69, 9.17) is 9.47 Å². The molecule has 1 aromatic heterocycles. The number of amides is 1. The number of carbonyl (C=O) groups excluding carboxylic acids is 1. The summed E-state index contributed by atoms with van der Waals surface area (Å²) in [4.78, 5) is 20.2. The molecule has 3 N–H and O–H groups in total. The van der Waals surface area contributed by atoms with Crippen LogP contribution in [0, 0.1) is 0 Å². The minimum Gasteiger partial charge on any atom is -0.481 e. The standard InChI is InChI=1S/C17H29N5O3.HI/c1-6-18-15(20-10-11-21-16(23)25-17(2,3)4)22-12-13-8-7-9-19-14(13)24-5;/h7-9H,6,10-12H2,1-5H3,(H,21,23)(H2,18,20,22);1H. The predicted octanol–water partition coefficient (Wildman–Crippen LogP) is 2.29. The van der Waals surface area contributed by atoms with Gasteiger partial charge in [-0.1, -0.05) is 6.07 Å². The van der Waals surface area contributed by atoms with Crippen LogP contribution in [0.5, 0.6) is 5.88 Å². The molecule has 148 valence electrons. The first-order valence-corrected chi connectivity index (χ1v) is 8.32. The van der Waals surface area contributed by atoms with Gasteiger partial charge in [0.25, 0.3) is 0 Å². The van der Waals surface area contributed by atoms with Crippen LogP contribution in [-0.2, 0) is 11.3 Å². The average Bonchev–Trinajstić information content (AvgIpc) is 2.55. The second-order valence-corrected chi connectivity index (χ2v) is 6.22. The Hall–Kier alpha value is -1.78. The van der Waals surface area contributed by atoms with Crippen molar-refractivity contribution in [2.24, 2.45) is 4.99 Å². The predicted molar refractivity (Wildman–Crippen MR) is 113 cm³/mol. The van der Waals surface area contributed by atoms with Gasteiger partial charge in [0.05, 0.1) is 13.7 Å². The molecule has 0 saturated heterocycles. The van der Waals surface area contributed by atoms with Gasteiger partial charge in [-0.2, -0.15) is 0 Å². The van der Waals surface area contributed by atoms with Crippen molar-refractivity contribution in [2.75, 3.05) is 26.7 Å². The fraction of sp³-hybridized carbons (Fsp3) is 0.588. The summed E-state index contributed by atoms with van der Waals surface area (Å²) in [5.74, 6) is 1.22. The number of nitrogens with zero attached hydrogens (tertiary/aromatic N) is 2. The van der Waals surface area contributed by atoms with E-state index in [9.17, 15) is 4.79 Å². The lowest BCUT2D eigenvalue weighted by Crippen LogP contribution is -2.42. The molecule has 0 aromatic carbocycles. The largest absolute Gasteiger partial charge is 0.481 e. The molecule has 0 spiro atoms. The number of hydrogen-bond donors (Lipinski definition) is 3. The van der Waals surface area contributed by atoms with Gasteiger partial charge in [0.15, 0.2) is 5.96 Å². The number of guanidine groups is 1. The van der Waals surface area contributed by atoms with E-state index in [0.717, 1.165) is 12.1 Å². The lowest BCUT2D eigenvalue weighted by atomic mass is 10.2. The van der Waals surface area contributed by atoms with Crippen LogP contribution in [0.3, 0.4) is 0 Å². The number of aliphatic imine (C=N–C) groups is 1. The highest BCUT2D eigenvalue weighted by molar-refractivity contribution is 14.0. The Morgan fingerprint density at radius 1 is 1.23 bits per heavy atom. The van der Waals surface area contributed by atoms with Gasteiger partial charge < -0.3 is 25.4 Å². The Bertz CT molecular complexity index is 576. The highest BCUT2D eigenvalue weighted by Crippen LogP contribution is 2.14. The molecule has 1 amide bonds. The van der Waals surface area contributed by atoms with Crippen LogP contribution in [0.25, 0.3) is 0 Å². The van der Waals surface area contributed by atoms with E-state index in [1.807, 2.05) is 39.8 Å². The number of pyridine rings is 1. The summed E-state index contributed by atoms with van der Waals surface area (Å²) >= 11 is 0. The number of ether oxygens (including phenoxy) is 2. The molecule has 0 fully saturated rings. The molecule has 0 unspecified atom stereocenters. The number of carbonyl (C=O) groups is 1. The van der Waals surface area contributed by atoms with E-state index < -0.39 is 11.7 Å². The maximum atomic E-state index is 11.6. The molecule has 26 heavy (non-hydrogen) atoms. The zero-order chi connectivity index (χ0) is 18.7. The van der Waals surface area contributed by atoms with Crippen LogP contribution >= 0.6 is 24.0 Å². The molecule has 9 heteroatoms. The number of rotatable bonds is 7. The van der Waals surface area contributed by atoms with E-state index in [1.165, 1.54) is 0 Å². The molecule has 0 aliphatic carbocycles. The normalized spacial score (nSPS) is 11.2. The number of methoxy groups -OCH3 is 1. The van der Waals surface area contributed by atoms with Crippen molar-refractivity contribution in [3.63, 3.8) is 0 Å². The number of hydrogen-bond acceptors (Lipinski definition) is 5. The van der Waals surface area contributed by atoms with Crippen molar-refractivity contribution >= 4 is 36.0 Å². The number of halogens is 1. The minimum absolute atomic E-state index is 0. The fourth-order valence-electron chi connectivity index (χ4n) is 1.89. The second kappa shape index (κ2) is 12.6. The fourth-order valence-corrected chi connectivity index (χ4v) is 1.89. The van der Waals surface area contributed by atoms with E-state index in [0.29, 0.717) is 31.5 Å². The van der Waals surface area contributed by atoms with Crippen LogP contribution in [0.4, 0.5) is 4.79 Å². The zero-order valence-corrected chi connectivity index (χ0v) is 18.4. The Kier molecular flexibility index (Phi) is 11.7. The monoisotopic (exact) mass is 479 g/mol. The summed E-state index contributed by atoms with van der Waals surface area (Å²) in [6, 6.07) is 3.77. The molecule has 1 rings (SSSR count). The van der Waals surface area contributed by atoms with Gasteiger partial charge in [0.1, 0.15) is 5.60 Å². The molecular weight excluding hydrogens is 449 g/mol. The van der Waals surface area contributed by atoms with Crippen molar-refractivity contribution in [3.05, 3.63) is 23.9 Å². The molecule has 1 heterocycles. The molecule has 0 atom stereocenters. The van der Waals surface area contributed by atoms with Gasteiger partial charge in [0.2, 0.25) is 5.88 Å². The summed E-state index contributed by atoms with van der Waals surface area (Å²) in [5.41, 5.74) is 0.394. The summed E-state index contributed by atoms with van der Waals surface area (Å²) in [5, 5.41) is 9.00. The quantitative estimate of drug-likeness (QED) is 0.240. The third-order valence-electron chi connectivity index (χ3n) is 2.88. The molecule has 1 aromatic rings. The smallest absolute Gasteiger partial charge is 0.407 e. The van der Waals surface area contributed by atoms with Crippen molar-refractivity contribution in [1.82, 2.24) is 20.9 Å². The summed E-state index contributed by atoms with van der Waals surface area (Å²) in [6.07, 6.45) is 1.24. The van der Waals surface area contributed by atoms with Crippen LogP contribution in [0.15, 0.2) is 23.3 Å². The molecular formula is C17H30IN5O3. The summed E-state index contributed by atoms with van der Waals surface area (Å²) in [7, 11) is 1.58. The van der Waals surface area contributed by atoms with Crippen LogP contribution < -0.4 is 20.7 Å². The molecule has 0 saturated carbocycles. The average molecular weight is 479 g/mol. The Morgan fingerprint density at radius 2 is 1.92 bits per heavy atom. The summed E-state index contributed by atoms with van der Waals surface area (Å²) in [6.45, 7) is 9.58. The molecule has 0 bridgehead atoms. The lowest BCUT2D eigenvalue weighted by molar-refractivity contribution is 0.0529. The van der Waals surface area contributed by atoms with Gasteiger partial charge in [-0.15, -0.1) is 24.0 Å². The summed E-state index contributed by atoms with van der Waals surface area (Å²) < 4.78 is 10.4. The SMILES string of the molecule is CCNC(=NCc1cccnc1OC)NCCNC(=O)OC(C)(C)C.I. The third kappa shape index (κ3) is 10.3. The van der Waals surface area contributed by atoms with Gasteiger partial charge in [-0.25, -0.2) is 14.8 Å². The minimum atomic E-state index is -0.503. The second-order valence-electron chi connectivity index (χ2n) is 6.22. The van der Waals surface area contributed by atoms with Gasteiger partial charge >= 0.3 is 6.09 Å². The molecule has 0 aliphatic rings. The van der Waals surface area contributed by atoms with Crippen molar-refractivity contribution in [2.45, 2.75) is 39.8 Å². The molecule has 0 aliphatic heterocycles. The Balaban J connectivity index is 0.00000625. The van der Waals surface area contributed by atoms with Gasteiger partial charge in [-0.3, -0.25) is 0 Å². The van der Waals surface area contributed by atoms with Crippen LogP contribution in [0.2, 0.25) is 0 Å². The highest BCUT2D eigenvalue weighted by Gasteiger charge is 2.15. The topological polar surface area (TPSA) is 96.9 Å². The van der Waals surface area contributed by atoms with Crippen LogP contribution in [-0.4, -0.2) is 49.4 Å². The molecule has 8 nitrogen and oxygen atoms in total.